The van der Waals surface area contributed by atoms with Gasteiger partial charge < -0.3 is 4.42 Å². The summed E-state index contributed by atoms with van der Waals surface area (Å²) in [6.07, 6.45) is 0. The molecule has 0 spiro atoms. The molecule has 0 bridgehead atoms. The average Bonchev–Trinajstić information content (AvgIpc) is 3.82. The van der Waals surface area contributed by atoms with Crippen molar-refractivity contribution in [1.82, 2.24) is 9.97 Å². The van der Waals surface area contributed by atoms with E-state index in [-0.39, 0.29) is 0 Å². The van der Waals surface area contributed by atoms with E-state index in [9.17, 15) is 0 Å². The Bertz CT molecular complexity index is 3200. The van der Waals surface area contributed by atoms with E-state index in [1.54, 1.807) is 11.3 Å². The maximum Gasteiger partial charge on any atom is 0.161 e. The zero-order valence-corrected chi connectivity index (χ0v) is 29.8. The highest BCUT2D eigenvalue weighted by atomic mass is 32.1. The van der Waals surface area contributed by atoms with Gasteiger partial charge in [0.1, 0.15) is 11.2 Å². The van der Waals surface area contributed by atoms with Crippen molar-refractivity contribution < 1.29 is 4.42 Å². The normalized spacial score (nSPS) is 11.7. The predicted octanol–water partition coefficient (Wildman–Crippen LogP) is 14.2. The smallest absolute Gasteiger partial charge is 0.161 e. The van der Waals surface area contributed by atoms with E-state index in [4.69, 9.17) is 14.4 Å². The van der Waals surface area contributed by atoms with E-state index in [2.05, 4.69) is 170 Å². The fourth-order valence-electron chi connectivity index (χ4n) is 7.77. The quantitative estimate of drug-likeness (QED) is 0.179. The number of fused-ring (bicyclic) bond motifs is 7. The summed E-state index contributed by atoms with van der Waals surface area (Å²) in [5.41, 5.74) is 12.7. The molecular weight excluding hydrogens is 677 g/mol. The third kappa shape index (κ3) is 5.11. The van der Waals surface area contributed by atoms with Crippen molar-refractivity contribution in [1.29, 1.82) is 0 Å². The average molecular weight is 707 g/mol. The van der Waals surface area contributed by atoms with E-state index in [0.717, 1.165) is 65.5 Å². The molecule has 0 aliphatic carbocycles. The molecule has 0 aliphatic rings. The molecule has 0 amide bonds. The molecule has 3 aromatic heterocycles. The van der Waals surface area contributed by atoms with E-state index < -0.39 is 0 Å². The molecule has 11 aromatic rings. The van der Waals surface area contributed by atoms with Gasteiger partial charge in [-0.1, -0.05) is 152 Å². The second-order valence-electron chi connectivity index (χ2n) is 13.7. The number of benzene rings is 8. The molecule has 3 heterocycles. The summed E-state index contributed by atoms with van der Waals surface area (Å²) < 4.78 is 8.75. The largest absolute Gasteiger partial charge is 0.456 e. The number of furan rings is 1. The van der Waals surface area contributed by atoms with Gasteiger partial charge in [0.15, 0.2) is 5.82 Å². The molecule has 11 rings (SSSR count). The molecule has 0 saturated carbocycles. The predicted molar refractivity (Wildman–Crippen MR) is 227 cm³/mol. The lowest BCUT2D eigenvalue weighted by Crippen LogP contribution is -1.94. The fraction of sp³-hybridized carbons (Fsp3) is 0. The maximum absolute atomic E-state index is 6.47. The molecule has 0 saturated heterocycles. The Hall–Kier alpha value is -6.88. The molecular formula is C50H30N2OS. The van der Waals surface area contributed by atoms with Crippen LogP contribution in [0.4, 0.5) is 0 Å². The summed E-state index contributed by atoms with van der Waals surface area (Å²) >= 11 is 1.75. The zero-order chi connectivity index (χ0) is 35.6. The number of thiophene rings is 1. The van der Waals surface area contributed by atoms with Crippen LogP contribution in [-0.4, -0.2) is 9.97 Å². The first-order valence-corrected chi connectivity index (χ1v) is 19.0. The van der Waals surface area contributed by atoms with Crippen molar-refractivity contribution >= 4 is 64.4 Å². The van der Waals surface area contributed by atoms with Gasteiger partial charge in [-0.3, -0.25) is 0 Å². The van der Waals surface area contributed by atoms with Crippen molar-refractivity contribution in [2.45, 2.75) is 0 Å². The molecule has 0 N–H and O–H groups in total. The maximum atomic E-state index is 6.47. The van der Waals surface area contributed by atoms with Crippen LogP contribution in [0.25, 0.3) is 109 Å². The number of nitrogens with zero attached hydrogens (tertiary/aromatic N) is 2. The van der Waals surface area contributed by atoms with Gasteiger partial charge in [-0.2, -0.15) is 0 Å². The molecule has 0 atom stereocenters. The number of hydrogen-bond donors (Lipinski definition) is 0. The van der Waals surface area contributed by atoms with E-state index in [0.29, 0.717) is 5.82 Å². The van der Waals surface area contributed by atoms with Gasteiger partial charge in [0, 0.05) is 32.0 Å². The Morgan fingerprint density at radius 1 is 0.407 bits per heavy atom. The lowest BCUT2D eigenvalue weighted by atomic mass is 9.98. The van der Waals surface area contributed by atoms with Gasteiger partial charge in [-0.15, -0.1) is 11.3 Å². The molecule has 0 radical (unpaired) electrons. The Balaban J connectivity index is 1.05. The number of rotatable bonds is 5. The monoisotopic (exact) mass is 706 g/mol. The van der Waals surface area contributed by atoms with Gasteiger partial charge in [0.2, 0.25) is 0 Å². The lowest BCUT2D eigenvalue weighted by Gasteiger charge is -2.10. The summed E-state index contributed by atoms with van der Waals surface area (Å²) in [6.45, 7) is 0. The second kappa shape index (κ2) is 12.4. The first kappa shape index (κ1) is 30.7. The van der Waals surface area contributed by atoms with E-state index in [1.807, 2.05) is 12.1 Å². The van der Waals surface area contributed by atoms with Gasteiger partial charge >= 0.3 is 0 Å². The van der Waals surface area contributed by atoms with Crippen LogP contribution in [0.15, 0.2) is 186 Å². The van der Waals surface area contributed by atoms with Crippen molar-refractivity contribution in [3.63, 3.8) is 0 Å². The first-order valence-electron chi connectivity index (χ1n) is 18.1. The third-order valence-electron chi connectivity index (χ3n) is 10.5. The molecule has 8 aromatic carbocycles. The van der Waals surface area contributed by atoms with Crippen LogP contribution < -0.4 is 0 Å². The standard InChI is InChI=1S/C50H30N2OS/c1-2-9-31(10-3-1)33-17-19-34(20-18-33)35-21-24-36(25-22-35)47-49-48(40-13-6-7-16-45(40)54-49)52-50(51-47)41-14-8-15-44-46(41)42-30-39(27-28-43(42)53-44)38-26-23-32-11-4-5-12-37(32)29-38/h1-30H. The summed E-state index contributed by atoms with van der Waals surface area (Å²) in [5.74, 6) is 0.686. The summed E-state index contributed by atoms with van der Waals surface area (Å²) in [5, 5.41) is 5.66. The van der Waals surface area contributed by atoms with E-state index >= 15 is 0 Å². The Morgan fingerprint density at radius 3 is 1.83 bits per heavy atom. The number of hydrogen-bond acceptors (Lipinski definition) is 4. The Morgan fingerprint density at radius 2 is 1.04 bits per heavy atom. The van der Waals surface area contributed by atoms with Crippen LogP contribution in [0, 0.1) is 0 Å². The van der Waals surface area contributed by atoms with Crippen LogP contribution in [0.2, 0.25) is 0 Å². The third-order valence-corrected chi connectivity index (χ3v) is 11.7. The molecule has 252 valence electrons. The fourth-order valence-corrected chi connectivity index (χ4v) is 8.93. The van der Waals surface area contributed by atoms with Crippen LogP contribution in [0.5, 0.6) is 0 Å². The Labute approximate surface area is 315 Å². The minimum atomic E-state index is 0.686. The summed E-state index contributed by atoms with van der Waals surface area (Å²) in [7, 11) is 0. The van der Waals surface area contributed by atoms with Crippen molar-refractivity contribution in [3.8, 4) is 56.0 Å². The highest BCUT2D eigenvalue weighted by Gasteiger charge is 2.20. The highest BCUT2D eigenvalue weighted by molar-refractivity contribution is 7.26. The van der Waals surface area contributed by atoms with Gasteiger partial charge in [-0.25, -0.2) is 9.97 Å². The first-order chi connectivity index (χ1) is 26.7. The van der Waals surface area contributed by atoms with Gasteiger partial charge in [0.05, 0.1) is 15.9 Å². The molecule has 4 heteroatoms. The van der Waals surface area contributed by atoms with E-state index in [1.165, 1.54) is 37.7 Å². The number of aromatic nitrogens is 2. The van der Waals surface area contributed by atoms with Crippen molar-refractivity contribution in [2.75, 3.05) is 0 Å². The minimum Gasteiger partial charge on any atom is -0.456 e. The van der Waals surface area contributed by atoms with Crippen LogP contribution in [0.3, 0.4) is 0 Å². The minimum absolute atomic E-state index is 0.686. The molecule has 0 aliphatic heterocycles. The summed E-state index contributed by atoms with van der Waals surface area (Å²) in [6, 6.07) is 64.4. The molecule has 3 nitrogen and oxygen atoms in total. The Kier molecular flexibility index (Phi) is 7.04. The topological polar surface area (TPSA) is 38.9 Å². The van der Waals surface area contributed by atoms with Crippen LogP contribution in [0.1, 0.15) is 0 Å². The zero-order valence-electron chi connectivity index (χ0n) is 29.0. The van der Waals surface area contributed by atoms with Crippen molar-refractivity contribution in [3.05, 3.63) is 182 Å². The highest BCUT2D eigenvalue weighted by Crippen LogP contribution is 2.43. The molecule has 54 heavy (non-hydrogen) atoms. The van der Waals surface area contributed by atoms with Crippen molar-refractivity contribution in [2.24, 2.45) is 0 Å². The summed E-state index contributed by atoms with van der Waals surface area (Å²) in [4.78, 5) is 10.7. The SMILES string of the molecule is c1ccc(-c2ccc(-c3ccc(-c4nc(-c5cccc6oc7ccc(-c8ccc9ccccc9c8)cc7c56)nc5c4sc4ccccc45)cc3)cc2)cc1. The van der Waals surface area contributed by atoms with Gasteiger partial charge in [-0.05, 0) is 74.5 Å². The van der Waals surface area contributed by atoms with Crippen LogP contribution >= 0.6 is 11.3 Å². The second-order valence-corrected chi connectivity index (χ2v) is 14.8. The van der Waals surface area contributed by atoms with Crippen LogP contribution in [-0.2, 0) is 0 Å². The molecule has 0 unspecified atom stereocenters. The van der Waals surface area contributed by atoms with Gasteiger partial charge in [0.25, 0.3) is 0 Å². The molecule has 0 fully saturated rings. The lowest BCUT2D eigenvalue weighted by molar-refractivity contribution is 0.669.